The van der Waals surface area contributed by atoms with Crippen LogP contribution in [-0.2, 0) is 5.41 Å². The molecule has 1 nitrogen and oxygen atoms in total. The molecule has 1 heterocycles. The molecule has 0 amide bonds. The SMILES string of the molecule is C[C@H]1C(c2ccccc2)(c2ccccc2)c2ccccc2N(C)CCC[PH]1(C1CCCCC1)C1CCCCC1. The summed E-state index contributed by atoms with van der Waals surface area (Å²) in [4.78, 5) is 2.61. The Kier molecular flexibility index (Phi) is 8.18. The number of rotatable bonds is 4. The van der Waals surface area contributed by atoms with Crippen molar-refractivity contribution < 1.29 is 0 Å². The summed E-state index contributed by atoms with van der Waals surface area (Å²) in [5.74, 6) is 0. The molecule has 1 aliphatic heterocycles. The van der Waals surface area contributed by atoms with E-state index in [9.17, 15) is 0 Å². The van der Waals surface area contributed by atoms with E-state index in [0.29, 0.717) is 5.66 Å². The van der Waals surface area contributed by atoms with Crippen LogP contribution in [-0.4, -0.2) is 36.7 Å². The van der Waals surface area contributed by atoms with E-state index in [1.807, 2.05) is 0 Å². The van der Waals surface area contributed by atoms with Gasteiger partial charge < -0.3 is 0 Å². The first-order chi connectivity index (χ1) is 19.2. The van der Waals surface area contributed by atoms with E-state index < -0.39 is 7.26 Å². The predicted octanol–water partition coefficient (Wildman–Crippen LogP) is 9.66. The molecule has 0 saturated heterocycles. The molecule has 208 valence electrons. The van der Waals surface area contributed by atoms with E-state index in [0.717, 1.165) is 11.3 Å². The minimum absolute atomic E-state index is 0.140. The van der Waals surface area contributed by atoms with E-state index in [4.69, 9.17) is 0 Å². The molecule has 0 N–H and O–H groups in total. The van der Waals surface area contributed by atoms with E-state index >= 15 is 0 Å². The van der Waals surface area contributed by atoms with Crippen LogP contribution in [0.25, 0.3) is 0 Å². The standard InChI is InChI=1S/C37H50NP/c1-30-37(31-18-7-3-8-19-31,32-20-9-4-10-21-32)35-26-15-16-27-36(35)38(2)28-17-29-39(30,33-22-11-5-12-23-33)34-24-13-6-14-25-34/h3-4,7-10,15-16,18-21,26-27,30,33-34,39H,5-6,11-14,17,22-25,28-29H2,1-2H3/t30-/m0/s1. The fourth-order valence-corrected chi connectivity index (χ4v) is 18.2. The summed E-state index contributed by atoms with van der Waals surface area (Å²) in [5, 5.41) is 0. The molecule has 2 aliphatic carbocycles. The maximum atomic E-state index is 2.78. The number of hydrogen-bond donors (Lipinski definition) is 0. The van der Waals surface area contributed by atoms with Gasteiger partial charge in [0.05, 0.1) is 0 Å². The minimum atomic E-state index is -1.82. The van der Waals surface area contributed by atoms with Gasteiger partial charge in [-0.05, 0) is 0 Å². The second kappa shape index (κ2) is 11.8. The third kappa shape index (κ3) is 4.68. The van der Waals surface area contributed by atoms with E-state index in [1.165, 1.54) is 100 Å². The van der Waals surface area contributed by atoms with Crippen LogP contribution in [0.3, 0.4) is 0 Å². The van der Waals surface area contributed by atoms with Gasteiger partial charge in [0.25, 0.3) is 0 Å². The molecule has 0 radical (unpaired) electrons. The molecule has 1 atom stereocenters. The maximum absolute atomic E-state index is 2.78. The average molecular weight is 540 g/mol. The molecule has 3 aromatic carbocycles. The van der Waals surface area contributed by atoms with Gasteiger partial charge in [0.2, 0.25) is 0 Å². The molecule has 0 spiro atoms. The molecule has 6 rings (SSSR count). The molecule has 0 unspecified atom stereocenters. The Morgan fingerprint density at radius 1 is 0.615 bits per heavy atom. The molecule has 3 aliphatic rings. The van der Waals surface area contributed by atoms with Crippen molar-refractivity contribution in [2.75, 3.05) is 24.7 Å². The Morgan fingerprint density at radius 3 is 1.64 bits per heavy atom. The summed E-state index contributed by atoms with van der Waals surface area (Å²) in [6.45, 7) is 3.95. The Hall–Kier alpha value is -2.11. The fraction of sp³-hybridized carbons (Fsp3) is 0.514. The van der Waals surface area contributed by atoms with Gasteiger partial charge in [0, 0.05) is 0 Å². The molecular formula is C37H50NP. The quantitative estimate of drug-likeness (QED) is 0.298. The number of nitrogens with zero attached hydrogens (tertiary/aromatic N) is 1. The monoisotopic (exact) mass is 539 g/mol. The van der Waals surface area contributed by atoms with Crippen LogP contribution < -0.4 is 4.90 Å². The predicted molar refractivity (Wildman–Crippen MR) is 173 cm³/mol. The van der Waals surface area contributed by atoms with Gasteiger partial charge in [0.1, 0.15) is 0 Å². The Bertz CT molecular complexity index is 1130. The summed E-state index contributed by atoms with van der Waals surface area (Å²) >= 11 is 0. The van der Waals surface area contributed by atoms with Crippen molar-refractivity contribution in [1.29, 1.82) is 0 Å². The zero-order valence-corrected chi connectivity index (χ0v) is 25.5. The van der Waals surface area contributed by atoms with Crippen LogP contribution in [0, 0.1) is 0 Å². The Labute approximate surface area is 238 Å². The third-order valence-electron chi connectivity index (χ3n) is 11.5. The molecular weight excluding hydrogens is 489 g/mol. The van der Waals surface area contributed by atoms with Crippen molar-refractivity contribution in [3.05, 3.63) is 102 Å². The zero-order chi connectivity index (χ0) is 26.7. The first kappa shape index (κ1) is 27.1. The van der Waals surface area contributed by atoms with Crippen molar-refractivity contribution in [3.63, 3.8) is 0 Å². The molecule has 0 aromatic heterocycles. The number of anilines is 1. The fourth-order valence-electron chi connectivity index (χ4n) is 9.84. The van der Waals surface area contributed by atoms with Crippen LogP contribution in [0.5, 0.6) is 0 Å². The number of benzene rings is 3. The van der Waals surface area contributed by atoms with Crippen LogP contribution >= 0.6 is 7.26 Å². The van der Waals surface area contributed by atoms with Crippen LogP contribution in [0.1, 0.15) is 94.2 Å². The zero-order valence-electron chi connectivity index (χ0n) is 24.5. The number of fused-ring (bicyclic) bond motifs is 1. The van der Waals surface area contributed by atoms with Crippen molar-refractivity contribution in [1.82, 2.24) is 0 Å². The summed E-state index contributed by atoms with van der Waals surface area (Å²) in [5.41, 5.74) is 8.42. The molecule has 39 heavy (non-hydrogen) atoms. The van der Waals surface area contributed by atoms with Gasteiger partial charge in [-0.1, -0.05) is 0 Å². The first-order valence-corrected chi connectivity index (χ1v) is 18.5. The van der Waals surface area contributed by atoms with Gasteiger partial charge in [0.15, 0.2) is 0 Å². The molecule has 2 saturated carbocycles. The van der Waals surface area contributed by atoms with Crippen molar-refractivity contribution in [3.8, 4) is 0 Å². The first-order valence-electron chi connectivity index (χ1n) is 16.1. The van der Waals surface area contributed by atoms with Gasteiger partial charge in [-0.2, -0.15) is 0 Å². The number of hydrogen-bond acceptors (Lipinski definition) is 1. The molecule has 2 heteroatoms. The Balaban J connectivity index is 1.70. The summed E-state index contributed by atoms with van der Waals surface area (Å²) in [7, 11) is 0.536. The van der Waals surface area contributed by atoms with E-state index in [2.05, 4.69) is 104 Å². The second-order valence-electron chi connectivity index (χ2n) is 13.1. The summed E-state index contributed by atoms with van der Waals surface area (Å²) in [6, 6.07) is 33.0. The molecule has 2 fully saturated rings. The summed E-state index contributed by atoms with van der Waals surface area (Å²) < 4.78 is 0. The third-order valence-corrected chi connectivity index (χ3v) is 18.9. The normalized spacial score (nSPS) is 25.1. The second-order valence-corrected chi connectivity index (χ2v) is 18.3. The topological polar surface area (TPSA) is 3.24 Å². The van der Waals surface area contributed by atoms with Gasteiger partial charge in [-0.3, -0.25) is 0 Å². The summed E-state index contributed by atoms with van der Waals surface area (Å²) in [6.07, 6.45) is 17.6. The van der Waals surface area contributed by atoms with Gasteiger partial charge in [-0.25, -0.2) is 0 Å². The van der Waals surface area contributed by atoms with Crippen molar-refractivity contribution >= 4 is 12.9 Å². The van der Waals surface area contributed by atoms with Crippen LogP contribution in [0.4, 0.5) is 5.69 Å². The van der Waals surface area contributed by atoms with Gasteiger partial charge >= 0.3 is 239 Å². The van der Waals surface area contributed by atoms with Gasteiger partial charge in [-0.15, -0.1) is 0 Å². The van der Waals surface area contributed by atoms with Crippen molar-refractivity contribution in [2.45, 2.75) is 99.9 Å². The van der Waals surface area contributed by atoms with E-state index in [-0.39, 0.29) is 5.41 Å². The Morgan fingerprint density at radius 2 is 1.10 bits per heavy atom. The van der Waals surface area contributed by atoms with Crippen LogP contribution in [0.2, 0.25) is 0 Å². The number of para-hydroxylation sites is 1. The van der Waals surface area contributed by atoms with Crippen molar-refractivity contribution in [2.24, 2.45) is 0 Å². The average Bonchev–Trinajstić information content (AvgIpc) is 3.05. The van der Waals surface area contributed by atoms with Crippen LogP contribution in [0.15, 0.2) is 84.9 Å². The molecule has 0 bridgehead atoms. The van der Waals surface area contributed by atoms with E-state index in [1.54, 1.807) is 5.56 Å². The molecule has 3 aromatic rings.